The molecular formula is C18H23N3O5. The molecule has 0 saturated carbocycles. The van der Waals surface area contributed by atoms with Crippen LogP contribution in [-0.4, -0.2) is 69.7 Å². The smallest absolute Gasteiger partial charge is 0.262 e. The summed E-state index contributed by atoms with van der Waals surface area (Å²) in [5.41, 5.74) is 1.54. The SMILES string of the molecule is O=C1c2ccc(N3CCC(O)CC3)cc2C(=O)N1C1CCC(O)NC1O. The first-order valence-electron chi connectivity index (χ1n) is 9.03. The maximum absolute atomic E-state index is 12.9. The largest absolute Gasteiger partial charge is 0.393 e. The molecule has 4 rings (SSSR count). The Bertz CT molecular complexity index is 732. The number of anilines is 1. The molecule has 2 amide bonds. The van der Waals surface area contributed by atoms with Gasteiger partial charge in [-0.1, -0.05) is 0 Å². The molecule has 0 bridgehead atoms. The molecule has 1 aromatic carbocycles. The Morgan fingerprint density at radius 3 is 2.31 bits per heavy atom. The summed E-state index contributed by atoms with van der Waals surface area (Å²) < 4.78 is 0. The molecule has 140 valence electrons. The number of hydrogen-bond donors (Lipinski definition) is 4. The van der Waals surface area contributed by atoms with Gasteiger partial charge in [0.25, 0.3) is 11.8 Å². The highest BCUT2D eigenvalue weighted by Crippen LogP contribution is 2.32. The van der Waals surface area contributed by atoms with Crippen LogP contribution in [0.25, 0.3) is 0 Å². The van der Waals surface area contributed by atoms with Crippen LogP contribution in [0.15, 0.2) is 18.2 Å². The van der Waals surface area contributed by atoms with Crippen molar-refractivity contribution in [2.24, 2.45) is 0 Å². The molecule has 0 spiro atoms. The van der Waals surface area contributed by atoms with Crippen LogP contribution in [0.5, 0.6) is 0 Å². The molecule has 3 heterocycles. The molecule has 2 fully saturated rings. The Hall–Kier alpha value is -2.00. The summed E-state index contributed by atoms with van der Waals surface area (Å²) in [5, 5.41) is 31.9. The van der Waals surface area contributed by atoms with Gasteiger partial charge < -0.3 is 20.2 Å². The summed E-state index contributed by atoms with van der Waals surface area (Å²) in [5.74, 6) is -0.820. The van der Waals surface area contributed by atoms with E-state index in [9.17, 15) is 24.9 Å². The standard InChI is InChI=1S/C18H23N3O5/c22-11-5-7-20(8-6-11)10-1-2-12-13(9-10)18(26)21(17(12)25)14-3-4-15(23)19-16(14)24/h1-2,9,11,14-16,19,22-24H,3-8H2. The second-order valence-electron chi connectivity index (χ2n) is 7.20. The third-order valence-electron chi connectivity index (χ3n) is 5.53. The van der Waals surface area contributed by atoms with Gasteiger partial charge in [0.05, 0.1) is 23.3 Å². The summed E-state index contributed by atoms with van der Waals surface area (Å²) in [6, 6.07) is 4.52. The number of aliphatic hydroxyl groups is 3. The fraction of sp³-hybridized carbons (Fsp3) is 0.556. The number of nitrogens with one attached hydrogen (secondary N) is 1. The molecule has 1 aromatic rings. The summed E-state index contributed by atoms with van der Waals surface area (Å²) >= 11 is 0. The molecule has 3 atom stereocenters. The lowest BCUT2D eigenvalue weighted by molar-refractivity contribution is -0.0413. The van der Waals surface area contributed by atoms with Crippen LogP contribution < -0.4 is 10.2 Å². The molecule has 2 saturated heterocycles. The van der Waals surface area contributed by atoms with E-state index < -0.39 is 30.3 Å². The van der Waals surface area contributed by atoms with Crippen LogP contribution in [0.2, 0.25) is 0 Å². The van der Waals surface area contributed by atoms with Gasteiger partial charge in [0, 0.05) is 18.8 Å². The van der Waals surface area contributed by atoms with Crippen molar-refractivity contribution in [3.8, 4) is 0 Å². The molecule has 0 aromatic heterocycles. The van der Waals surface area contributed by atoms with E-state index in [1.807, 2.05) is 6.07 Å². The number of hydrogen-bond acceptors (Lipinski definition) is 7. The molecule has 26 heavy (non-hydrogen) atoms. The van der Waals surface area contributed by atoms with Gasteiger partial charge >= 0.3 is 0 Å². The van der Waals surface area contributed by atoms with E-state index in [1.54, 1.807) is 12.1 Å². The van der Waals surface area contributed by atoms with E-state index in [0.717, 1.165) is 10.6 Å². The zero-order chi connectivity index (χ0) is 18.4. The lowest BCUT2D eigenvalue weighted by atomic mass is 10.0. The first kappa shape index (κ1) is 17.4. The summed E-state index contributed by atoms with van der Waals surface area (Å²) in [6.07, 6.45) is -0.207. The summed E-state index contributed by atoms with van der Waals surface area (Å²) in [6.45, 7) is 1.41. The molecule has 8 nitrogen and oxygen atoms in total. The molecule has 8 heteroatoms. The number of carbonyl (C=O) groups excluding carboxylic acids is 2. The van der Waals surface area contributed by atoms with Crippen molar-refractivity contribution in [1.82, 2.24) is 10.2 Å². The quantitative estimate of drug-likeness (QED) is 0.532. The van der Waals surface area contributed by atoms with Gasteiger partial charge in [0.2, 0.25) is 0 Å². The third kappa shape index (κ3) is 2.88. The highest BCUT2D eigenvalue weighted by Gasteiger charge is 2.44. The Morgan fingerprint density at radius 2 is 1.62 bits per heavy atom. The van der Waals surface area contributed by atoms with Crippen molar-refractivity contribution in [2.45, 2.75) is 50.3 Å². The summed E-state index contributed by atoms with van der Waals surface area (Å²) in [7, 11) is 0. The van der Waals surface area contributed by atoms with Crippen molar-refractivity contribution < 1.29 is 24.9 Å². The van der Waals surface area contributed by atoms with Crippen molar-refractivity contribution in [3.63, 3.8) is 0 Å². The second-order valence-corrected chi connectivity index (χ2v) is 7.20. The van der Waals surface area contributed by atoms with E-state index in [4.69, 9.17) is 0 Å². The number of piperidine rings is 2. The van der Waals surface area contributed by atoms with E-state index in [-0.39, 0.29) is 6.10 Å². The van der Waals surface area contributed by atoms with Crippen LogP contribution in [-0.2, 0) is 0 Å². The van der Waals surface area contributed by atoms with Crippen molar-refractivity contribution >= 4 is 17.5 Å². The Morgan fingerprint density at radius 1 is 0.923 bits per heavy atom. The first-order valence-corrected chi connectivity index (χ1v) is 9.03. The lowest BCUT2D eigenvalue weighted by Crippen LogP contribution is -2.58. The van der Waals surface area contributed by atoms with Crippen LogP contribution in [0.1, 0.15) is 46.4 Å². The number of amides is 2. The monoisotopic (exact) mass is 361 g/mol. The number of carbonyl (C=O) groups is 2. The number of nitrogens with zero attached hydrogens (tertiary/aromatic N) is 2. The van der Waals surface area contributed by atoms with E-state index in [0.29, 0.717) is 49.9 Å². The number of aliphatic hydroxyl groups excluding tert-OH is 3. The predicted molar refractivity (Wildman–Crippen MR) is 92.6 cm³/mol. The van der Waals surface area contributed by atoms with Gasteiger partial charge in [0.15, 0.2) is 0 Å². The van der Waals surface area contributed by atoms with Crippen LogP contribution >= 0.6 is 0 Å². The molecule has 3 unspecified atom stereocenters. The number of fused-ring (bicyclic) bond motifs is 1. The van der Waals surface area contributed by atoms with Crippen molar-refractivity contribution in [1.29, 1.82) is 0 Å². The Labute approximate surface area is 151 Å². The number of benzene rings is 1. The van der Waals surface area contributed by atoms with Gasteiger partial charge in [-0.3, -0.25) is 19.8 Å². The van der Waals surface area contributed by atoms with E-state index >= 15 is 0 Å². The third-order valence-corrected chi connectivity index (χ3v) is 5.53. The normalized spacial score (nSPS) is 30.0. The molecule has 3 aliphatic rings. The van der Waals surface area contributed by atoms with Crippen molar-refractivity contribution in [3.05, 3.63) is 29.3 Å². The lowest BCUT2D eigenvalue weighted by Gasteiger charge is -2.36. The van der Waals surface area contributed by atoms with Crippen LogP contribution in [0.3, 0.4) is 0 Å². The van der Waals surface area contributed by atoms with Crippen LogP contribution in [0.4, 0.5) is 5.69 Å². The van der Waals surface area contributed by atoms with Gasteiger partial charge in [-0.2, -0.15) is 0 Å². The highest BCUT2D eigenvalue weighted by atomic mass is 16.3. The van der Waals surface area contributed by atoms with Gasteiger partial charge in [0.1, 0.15) is 12.5 Å². The minimum atomic E-state index is -1.15. The zero-order valence-electron chi connectivity index (χ0n) is 14.3. The maximum Gasteiger partial charge on any atom is 0.262 e. The van der Waals surface area contributed by atoms with E-state index in [1.165, 1.54) is 0 Å². The minimum Gasteiger partial charge on any atom is -0.393 e. The average molecular weight is 361 g/mol. The number of rotatable bonds is 2. The van der Waals surface area contributed by atoms with Gasteiger partial charge in [-0.25, -0.2) is 0 Å². The molecular weight excluding hydrogens is 338 g/mol. The predicted octanol–water partition coefficient (Wildman–Crippen LogP) is -0.368. The fourth-order valence-corrected chi connectivity index (χ4v) is 4.02. The molecule has 4 N–H and O–H groups in total. The zero-order valence-corrected chi connectivity index (χ0v) is 14.3. The highest BCUT2D eigenvalue weighted by molar-refractivity contribution is 6.22. The minimum absolute atomic E-state index is 0.282. The molecule has 0 radical (unpaired) electrons. The topological polar surface area (TPSA) is 113 Å². The molecule has 3 aliphatic heterocycles. The van der Waals surface area contributed by atoms with Crippen molar-refractivity contribution in [2.75, 3.05) is 18.0 Å². The maximum atomic E-state index is 12.9. The van der Waals surface area contributed by atoms with E-state index in [2.05, 4.69) is 10.2 Å². The Balaban J connectivity index is 1.58. The van der Waals surface area contributed by atoms with Crippen LogP contribution in [0, 0.1) is 0 Å². The Kier molecular flexibility index (Phi) is 4.44. The number of imide groups is 1. The average Bonchev–Trinajstić information content (AvgIpc) is 2.87. The fourth-order valence-electron chi connectivity index (χ4n) is 4.02. The molecule has 0 aliphatic carbocycles. The summed E-state index contributed by atoms with van der Waals surface area (Å²) in [4.78, 5) is 28.8. The first-order chi connectivity index (χ1) is 12.5. The van der Waals surface area contributed by atoms with Gasteiger partial charge in [-0.15, -0.1) is 0 Å². The second kappa shape index (κ2) is 6.62. The van der Waals surface area contributed by atoms with Gasteiger partial charge in [-0.05, 0) is 43.9 Å².